The number of imide groups is 1. The van der Waals surface area contributed by atoms with Crippen LogP contribution in [0.2, 0.25) is 10.3 Å². The van der Waals surface area contributed by atoms with E-state index in [4.69, 9.17) is 23.2 Å². The highest BCUT2D eigenvalue weighted by molar-refractivity contribution is 9.10. The summed E-state index contributed by atoms with van der Waals surface area (Å²) in [5, 5.41) is 0.236. The van der Waals surface area contributed by atoms with E-state index in [2.05, 4.69) is 20.9 Å². The molecular formula is C17H14BrCl2N3O2. The second-order valence-electron chi connectivity index (χ2n) is 6.03. The summed E-state index contributed by atoms with van der Waals surface area (Å²) < 4.78 is 0.950. The van der Waals surface area contributed by atoms with Crippen molar-refractivity contribution >= 4 is 56.8 Å². The van der Waals surface area contributed by atoms with Crippen LogP contribution in [0, 0.1) is 0 Å². The summed E-state index contributed by atoms with van der Waals surface area (Å²) in [5.74, 6) is -0.332. The molecule has 0 aliphatic carbocycles. The number of likely N-dealkylation sites (N-methyl/N-ethyl adjacent to an activating group) is 1. The van der Waals surface area contributed by atoms with Gasteiger partial charge in [-0.05, 0) is 36.8 Å². The number of hydrogen-bond acceptors (Lipinski definition) is 3. The number of anilines is 1. The maximum absolute atomic E-state index is 13.1. The Bertz CT molecular complexity index is 839. The van der Waals surface area contributed by atoms with E-state index < -0.39 is 11.6 Å². The van der Waals surface area contributed by atoms with Gasteiger partial charge in [0.2, 0.25) is 0 Å². The molecule has 0 bridgehead atoms. The molecule has 5 nitrogen and oxygen atoms in total. The number of amides is 3. The molecular weight excluding hydrogens is 429 g/mol. The molecule has 1 fully saturated rings. The maximum Gasteiger partial charge on any atom is 0.332 e. The third-order valence-electron chi connectivity index (χ3n) is 4.35. The van der Waals surface area contributed by atoms with Crippen LogP contribution in [0.1, 0.15) is 12.5 Å². The van der Waals surface area contributed by atoms with Crippen molar-refractivity contribution in [3.63, 3.8) is 0 Å². The minimum Gasteiger partial charge on any atom is -0.312 e. The summed E-state index contributed by atoms with van der Waals surface area (Å²) >= 11 is 15.2. The number of carbonyl (C=O) groups excluding carboxylic acids is 2. The van der Waals surface area contributed by atoms with Crippen molar-refractivity contribution in [2.45, 2.75) is 18.9 Å². The predicted molar refractivity (Wildman–Crippen MR) is 101 cm³/mol. The van der Waals surface area contributed by atoms with Gasteiger partial charge in [0.1, 0.15) is 15.8 Å². The topological polar surface area (TPSA) is 53.5 Å². The van der Waals surface area contributed by atoms with Crippen LogP contribution >= 0.6 is 39.1 Å². The smallest absolute Gasteiger partial charge is 0.312 e. The molecule has 0 spiro atoms. The largest absolute Gasteiger partial charge is 0.332 e. The molecule has 25 heavy (non-hydrogen) atoms. The molecule has 8 heteroatoms. The Morgan fingerprint density at radius 2 is 1.68 bits per heavy atom. The van der Waals surface area contributed by atoms with Crippen molar-refractivity contribution < 1.29 is 9.59 Å². The highest BCUT2D eigenvalue weighted by Gasteiger charge is 2.53. The van der Waals surface area contributed by atoms with E-state index >= 15 is 0 Å². The van der Waals surface area contributed by atoms with Crippen LogP contribution in [0.5, 0.6) is 0 Å². The van der Waals surface area contributed by atoms with Crippen LogP contribution in [0.15, 0.2) is 40.9 Å². The van der Waals surface area contributed by atoms with Crippen molar-refractivity contribution in [2.24, 2.45) is 0 Å². The molecule has 0 N–H and O–H groups in total. The van der Waals surface area contributed by atoms with Crippen LogP contribution in [0.3, 0.4) is 0 Å². The van der Waals surface area contributed by atoms with Crippen LogP contribution in [-0.4, -0.2) is 34.4 Å². The third-order valence-corrected chi connectivity index (χ3v) is 5.27. The highest BCUT2D eigenvalue weighted by Crippen LogP contribution is 2.35. The summed E-state index contributed by atoms with van der Waals surface area (Å²) in [6.45, 7) is 1.75. The molecule has 0 saturated carbocycles. The van der Waals surface area contributed by atoms with E-state index in [0.29, 0.717) is 12.1 Å². The first kappa shape index (κ1) is 18.2. The van der Waals surface area contributed by atoms with E-state index in [9.17, 15) is 9.59 Å². The molecule has 1 aromatic carbocycles. The quantitative estimate of drug-likeness (QED) is 0.517. The van der Waals surface area contributed by atoms with Crippen molar-refractivity contribution in [1.29, 1.82) is 0 Å². The summed E-state index contributed by atoms with van der Waals surface area (Å²) in [6, 6.07) is 10.1. The first-order valence-electron chi connectivity index (χ1n) is 7.42. The lowest BCUT2D eigenvalue weighted by Gasteiger charge is -2.28. The number of urea groups is 1. The number of hydrogen-bond donors (Lipinski definition) is 0. The Balaban J connectivity index is 1.98. The first-order chi connectivity index (χ1) is 11.7. The van der Waals surface area contributed by atoms with Crippen molar-refractivity contribution in [1.82, 2.24) is 9.88 Å². The number of nitrogens with zero attached hydrogens (tertiary/aromatic N) is 3. The van der Waals surface area contributed by atoms with Gasteiger partial charge in [0.05, 0.1) is 5.69 Å². The van der Waals surface area contributed by atoms with Gasteiger partial charge in [-0.25, -0.2) is 14.7 Å². The van der Waals surface area contributed by atoms with Gasteiger partial charge in [0, 0.05) is 17.9 Å². The molecule has 0 radical (unpaired) electrons. The Hall–Kier alpha value is -1.63. The second kappa shape index (κ2) is 6.59. The van der Waals surface area contributed by atoms with Crippen molar-refractivity contribution in [3.8, 4) is 0 Å². The molecule has 1 aliphatic heterocycles. The molecule has 1 saturated heterocycles. The van der Waals surface area contributed by atoms with Gasteiger partial charge in [-0.15, -0.1) is 0 Å². The fourth-order valence-electron chi connectivity index (χ4n) is 2.84. The van der Waals surface area contributed by atoms with Gasteiger partial charge in [-0.2, -0.15) is 0 Å². The highest BCUT2D eigenvalue weighted by atomic mass is 79.9. The molecule has 3 rings (SSSR count). The van der Waals surface area contributed by atoms with Gasteiger partial charge >= 0.3 is 6.03 Å². The van der Waals surface area contributed by atoms with Crippen molar-refractivity contribution in [3.05, 3.63) is 56.7 Å². The van der Waals surface area contributed by atoms with Gasteiger partial charge < -0.3 is 4.90 Å². The summed E-state index contributed by atoms with van der Waals surface area (Å²) in [7, 11) is 1.61. The van der Waals surface area contributed by atoms with Gasteiger partial charge in [-0.3, -0.25) is 4.79 Å². The van der Waals surface area contributed by atoms with Crippen molar-refractivity contribution in [2.75, 3.05) is 11.9 Å². The fraction of sp³-hybridized carbons (Fsp3) is 0.235. The zero-order valence-electron chi connectivity index (χ0n) is 13.5. The number of rotatable bonds is 3. The SMILES string of the molecule is CN1C(=O)N(c2cc(Cl)nc(Cl)c2)C(=O)[C@@]1(C)Cc1ccc(Br)cc1. The summed E-state index contributed by atoms with van der Waals surface area (Å²) in [6.07, 6.45) is 0.393. The van der Waals surface area contributed by atoms with Gasteiger partial charge in [-0.1, -0.05) is 51.3 Å². The van der Waals surface area contributed by atoms with E-state index in [0.717, 1.165) is 14.9 Å². The zero-order valence-corrected chi connectivity index (χ0v) is 16.6. The standard InChI is InChI=1S/C17H14BrCl2N3O2/c1-17(9-10-3-5-11(18)6-4-10)15(24)23(16(25)22(17)2)12-7-13(19)21-14(20)8-12/h3-8H,9H2,1-2H3/t17-/m1/s1. The Kier molecular flexibility index (Phi) is 4.79. The summed E-state index contributed by atoms with van der Waals surface area (Å²) in [4.78, 5) is 32.2. The van der Waals surface area contributed by atoms with E-state index in [1.165, 1.54) is 17.0 Å². The lowest BCUT2D eigenvalue weighted by molar-refractivity contribution is -0.123. The molecule has 2 aromatic rings. The molecule has 1 aromatic heterocycles. The molecule has 2 heterocycles. The predicted octanol–water partition coefficient (Wildman–Crippen LogP) is 4.55. The molecule has 130 valence electrons. The zero-order chi connectivity index (χ0) is 18.4. The number of aromatic nitrogens is 1. The van der Waals surface area contributed by atoms with E-state index in [1.807, 2.05) is 24.3 Å². The Morgan fingerprint density at radius 3 is 2.24 bits per heavy atom. The molecule has 3 amide bonds. The van der Waals surface area contributed by atoms with Crippen LogP contribution < -0.4 is 4.90 Å². The van der Waals surface area contributed by atoms with Crippen LogP contribution in [0.25, 0.3) is 0 Å². The second-order valence-corrected chi connectivity index (χ2v) is 7.72. The minimum absolute atomic E-state index is 0.118. The number of carbonyl (C=O) groups is 2. The number of pyridine rings is 1. The third kappa shape index (κ3) is 3.26. The Morgan fingerprint density at radius 1 is 1.12 bits per heavy atom. The Labute approximate surface area is 163 Å². The molecule has 1 aliphatic rings. The van der Waals surface area contributed by atoms with E-state index in [1.54, 1.807) is 14.0 Å². The fourth-order valence-corrected chi connectivity index (χ4v) is 3.55. The average Bonchev–Trinajstić information content (AvgIpc) is 2.70. The van der Waals surface area contributed by atoms with Gasteiger partial charge in [0.25, 0.3) is 5.91 Å². The van der Waals surface area contributed by atoms with Crippen LogP contribution in [-0.2, 0) is 11.2 Å². The molecule has 0 unspecified atom stereocenters. The number of halogens is 3. The minimum atomic E-state index is -1.01. The normalized spacial score (nSPS) is 20.5. The summed E-state index contributed by atoms with van der Waals surface area (Å²) in [5.41, 5.74) is 0.255. The van der Waals surface area contributed by atoms with Crippen LogP contribution in [0.4, 0.5) is 10.5 Å². The first-order valence-corrected chi connectivity index (χ1v) is 8.97. The van der Waals surface area contributed by atoms with Gasteiger partial charge in [0.15, 0.2) is 0 Å². The number of benzene rings is 1. The lowest BCUT2D eigenvalue weighted by Crippen LogP contribution is -2.47. The maximum atomic E-state index is 13.1. The molecule has 1 atom stereocenters. The monoisotopic (exact) mass is 441 g/mol. The van der Waals surface area contributed by atoms with E-state index in [-0.39, 0.29) is 16.2 Å². The lowest BCUT2D eigenvalue weighted by atomic mass is 9.91. The average molecular weight is 443 g/mol.